The molecule has 24 heavy (non-hydrogen) atoms. The van der Waals surface area contributed by atoms with E-state index in [4.69, 9.17) is 5.11 Å². The number of carbonyl (C=O) groups is 1. The van der Waals surface area contributed by atoms with Crippen molar-refractivity contribution in [3.8, 4) is 16.9 Å². The van der Waals surface area contributed by atoms with Gasteiger partial charge in [-0.05, 0) is 16.7 Å². The van der Waals surface area contributed by atoms with Crippen LogP contribution in [0.1, 0.15) is 15.9 Å². The Hall–Kier alpha value is -3.34. The smallest absolute Gasteiger partial charge is 0.341 e. The molecule has 0 aliphatic carbocycles. The molecular weight excluding hydrogens is 306 g/mol. The molecule has 0 bridgehead atoms. The van der Waals surface area contributed by atoms with Gasteiger partial charge in [-0.2, -0.15) is 0 Å². The van der Waals surface area contributed by atoms with Crippen LogP contribution in [0.5, 0.6) is 5.75 Å². The van der Waals surface area contributed by atoms with E-state index in [1.807, 2.05) is 54.6 Å². The van der Waals surface area contributed by atoms with Gasteiger partial charge < -0.3 is 14.8 Å². The molecule has 5 nitrogen and oxygen atoms in total. The molecule has 3 aromatic rings. The lowest BCUT2D eigenvalue weighted by Gasteiger charge is -2.13. The Kier molecular flexibility index (Phi) is 4.16. The molecular formula is C19H15NO4. The molecule has 3 rings (SSSR count). The number of hydrogen-bond donors (Lipinski definition) is 2. The highest BCUT2D eigenvalue weighted by Gasteiger charge is 2.14. The van der Waals surface area contributed by atoms with Gasteiger partial charge in [-0.25, -0.2) is 4.79 Å². The van der Waals surface area contributed by atoms with E-state index in [0.29, 0.717) is 6.54 Å². The lowest BCUT2D eigenvalue weighted by Crippen LogP contribution is -2.17. The largest absolute Gasteiger partial charge is 0.503 e. The lowest BCUT2D eigenvalue weighted by molar-refractivity contribution is 0.0694. The maximum Gasteiger partial charge on any atom is 0.341 e. The van der Waals surface area contributed by atoms with Crippen LogP contribution in [0.3, 0.4) is 0 Å². The predicted molar refractivity (Wildman–Crippen MR) is 90.3 cm³/mol. The number of carboxylic acids is 1. The molecule has 2 aromatic carbocycles. The minimum absolute atomic E-state index is 0.333. The topological polar surface area (TPSA) is 79.5 Å². The second-order valence-corrected chi connectivity index (χ2v) is 5.39. The Labute approximate surface area is 138 Å². The number of nitrogens with zero attached hydrogens (tertiary/aromatic N) is 1. The van der Waals surface area contributed by atoms with Gasteiger partial charge in [0.2, 0.25) is 5.43 Å². The van der Waals surface area contributed by atoms with Crippen molar-refractivity contribution in [3.05, 3.63) is 88.3 Å². The lowest BCUT2D eigenvalue weighted by atomic mass is 9.99. The molecule has 1 heterocycles. The van der Waals surface area contributed by atoms with E-state index in [1.54, 1.807) is 0 Å². The van der Waals surface area contributed by atoms with Gasteiger partial charge in [0.25, 0.3) is 0 Å². The van der Waals surface area contributed by atoms with E-state index in [0.717, 1.165) is 16.7 Å². The Morgan fingerprint density at radius 3 is 2.33 bits per heavy atom. The van der Waals surface area contributed by atoms with Crippen LogP contribution in [0.2, 0.25) is 0 Å². The van der Waals surface area contributed by atoms with Crippen molar-refractivity contribution in [1.29, 1.82) is 0 Å². The van der Waals surface area contributed by atoms with Crippen LogP contribution in [0.4, 0.5) is 0 Å². The van der Waals surface area contributed by atoms with Crippen molar-refractivity contribution in [2.24, 2.45) is 0 Å². The summed E-state index contributed by atoms with van der Waals surface area (Å²) < 4.78 is 1.50. The molecule has 0 aliphatic heterocycles. The van der Waals surface area contributed by atoms with Gasteiger partial charge in [-0.15, -0.1) is 0 Å². The summed E-state index contributed by atoms with van der Waals surface area (Å²) in [6.07, 6.45) is 2.49. The molecule has 0 amide bonds. The zero-order chi connectivity index (χ0) is 17.1. The summed E-state index contributed by atoms with van der Waals surface area (Å²) in [6, 6.07) is 17.5. The van der Waals surface area contributed by atoms with Crippen LogP contribution in [0.25, 0.3) is 11.1 Å². The second-order valence-electron chi connectivity index (χ2n) is 5.39. The quantitative estimate of drug-likeness (QED) is 0.774. The number of aromatic hydroxyl groups is 1. The van der Waals surface area contributed by atoms with Crippen molar-refractivity contribution >= 4 is 5.97 Å². The van der Waals surface area contributed by atoms with Crippen molar-refractivity contribution in [3.63, 3.8) is 0 Å². The summed E-state index contributed by atoms with van der Waals surface area (Å²) in [5.41, 5.74) is 1.66. The van der Waals surface area contributed by atoms with E-state index in [1.165, 1.54) is 17.0 Å². The summed E-state index contributed by atoms with van der Waals surface area (Å²) in [6.45, 7) is 0.333. The van der Waals surface area contributed by atoms with Gasteiger partial charge in [0.05, 0.1) is 6.20 Å². The Morgan fingerprint density at radius 2 is 1.62 bits per heavy atom. The molecule has 0 radical (unpaired) electrons. The molecule has 0 saturated carbocycles. The summed E-state index contributed by atoms with van der Waals surface area (Å²) in [5.74, 6) is -1.94. The maximum atomic E-state index is 11.7. The normalized spacial score (nSPS) is 10.5. The summed E-state index contributed by atoms with van der Waals surface area (Å²) in [4.78, 5) is 22.8. The summed E-state index contributed by atoms with van der Waals surface area (Å²) >= 11 is 0. The number of carboxylic acid groups (broad SMARTS) is 1. The third kappa shape index (κ3) is 3.05. The average Bonchev–Trinajstić information content (AvgIpc) is 2.59. The van der Waals surface area contributed by atoms with Crippen LogP contribution >= 0.6 is 0 Å². The van der Waals surface area contributed by atoms with Crippen molar-refractivity contribution < 1.29 is 15.0 Å². The van der Waals surface area contributed by atoms with Gasteiger partial charge in [0, 0.05) is 12.7 Å². The first-order chi connectivity index (χ1) is 11.6. The first-order valence-electron chi connectivity index (χ1n) is 7.36. The van der Waals surface area contributed by atoms with Crippen molar-refractivity contribution in [2.45, 2.75) is 6.54 Å². The van der Waals surface area contributed by atoms with E-state index in [9.17, 15) is 14.7 Å². The van der Waals surface area contributed by atoms with Crippen LogP contribution in [-0.4, -0.2) is 20.7 Å². The van der Waals surface area contributed by atoms with Crippen molar-refractivity contribution in [2.75, 3.05) is 0 Å². The van der Waals surface area contributed by atoms with Gasteiger partial charge in [-0.3, -0.25) is 4.79 Å². The minimum atomic E-state index is -1.36. The van der Waals surface area contributed by atoms with E-state index < -0.39 is 22.7 Å². The predicted octanol–water partition coefficient (Wildman–Crippen LogP) is 2.97. The Balaban J connectivity index is 2.05. The number of benzene rings is 2. The van der Waals surface area contributed by atoms with Crippen molar-refractivity contribution in [1.82, 2.24) is 4.57 Å². The van der Waals surface area contributed by atoms with Crippen LogP contribution in [0, 0.1) is 0 Å². The van der Waals surface area contributed by atoms with Crippen LogP contribution in [0.15, 0.2) is 71.8 Å². The zero-order valence-corrected chi connectivity index (χ0v) is 12.7. The first kappa shape index (κ1) is 15.6. The Bertz CT molecular complexity index is 945. The number of aromatic nitrogens is 1. The van der Waals surface area contributed by atoms with E-state index in [-0.39, 0.29) is 0 Å². The molecule has 0 saturated heterocycles. The molecule has 0 fully saturated rings. The van der Waals surface area contributed by atoms with Gasteiger partial charge in [0.1, 0.15) is 5.56 Å². The first-order valence-corrected chi connectivity index (χ1v) is 7.36. The zero-order valence-electron chi connectivity index (χ0n) is 12.7. The van der Waals surface area contributed by atoms with Crippen LogP contribution in [-0.2, 0) is 6.54 Å². The SMILES string of the molecule is O=C(O)c1cn(Cc2ccccc2-c2ccccc2)cc(O)c1=O. The van der Waals surface area contributed by atoms with Gasteiger partial charge in [0.15, 0.2) is 5.75 Å². The maximum absolute atomic E-state index is 11.7. The number of pyridine rings is 1. The summed E-state index contributed by atoms with van der Waals surface area (Å²) in [7, 11) is 0. The highest BCUT2D eigenvalue weighted by molar-refractivity contribution is 5.87. The second kappa shape index (κ2) is 6.42. The number of hydrogen-bond acceptors (Lipinski definition) is 3. The number of rotatable bonds is 4. The molecule has 120 valence electrons. The van der Waals surface area contributed by atoms with E-state index >= 15 is 0 Å². The summed E-state index contributed by atoms with van der Waals surface area (Å²) in [5, 5.41) is 18.8. The number of aromatic carboxylic acids is 1. The standard InChI is InChI=1S/C19H15NO4/c21-17-12-20(11-16(18(17)22)19(23)24)10-14-8-4-5-9-15(14)13-6-2-1-3-7-13/h1-9,11-12,21H,10H2,(H,23,24). The third-order valence-corrected chi connectivity index (χ3v) is 3.75. The van der Waals surface area contributed by atoms with Gasteiger partial charge >= 0.3 is 5.97 Å². The fraction of sp³-hybridized carbons (Fsp3) is 0.0526. The van der Waals surface area contributed by atoms with E-state index in [2.05, 4.69) is 0 Å². The Morgan fingerprint density at radius 1 is 0.958 bits per heavy atom. The monoisotopic (exact) mass is 321 g/mol. The fourth-order valence-corrected chi connectivity index (χ4v) is 2.61. The highest BCUT2D eigenvalue weighted by atomic mass is 16.4. The average molecular weight is 321 g/mol. The third-order valence-electron chi connectivity index (χ3n) is 3.75. The molecule has 0 spiro atoms. The van der Waals surface area contributed by atoms with Gasteiger partial charge in [-0.1, -0.05) is 54.6 Å². The molecule has 0 atom stereocenters. The molecule has 0 aliphatic rings. The molecule has 2 N–H and O–H groups in total. The van der Waals surface area contributed by atoms with Crippen LogP contribution < -0.4 is 5.43 Å². The highest BCUT2D eigenvalue weighted by Crippen LogP contribution is 2.24. The minimum Gasteiger partial charge on any atom is -0.503 e. The molecule has 1 aromatic heterocycles. The fourth-order valence-electron chi connectivity index (χ4n) is 2.61. The molecule has 0 unspecified atom stereocenters. The molecule has 5 heteroatoms.